The molecule has 0 saturated heterocycles. The van der Waals surface area contributed by atoms with Gasteiger partial charge in [0, 0.05) is 30.5 Å². The van der Waals surface area contributed by atoms with E-state index in [0.29, 0.717) is 12.2 Å². The van der Waals surface area contributed by atoms with Crippen molar-refractivity contribution in [3.05, 3.63) is 58.7 Å². The van der Waals surface area contributed by atoms with Crippen LogP contribution in [0.1, 0.15) is 21.7 Å². The van der Waals surface area contributed by atoms with Gasteiger partial charge in [0.1, 0.15) is 5.69 Å². The molecule has 3 aromatic rings. The summed E-state index contributed by atoms with van der Waals surface area (Å²) in [6.07, 6.45) is 0. The lowest BCUT2D eigenvalue weighted by atomic mass is 10.1. The summed E-state index contributed by atoms with van der Waals surface area (Å²) in [7, 11) is 5.87. The van der Waals surface area contributed by atoms with E-state index in [4.69, 9.17) is 0 Å². The van der Waals surface area contributed by atoms with Gasteiger partial charge in [-0.1, -0.05) is 18.2 Å². The summed E-state index contributed by atoms with van der Waals surface area (Å²) in [4.78, 5) is 19.6. The molecule has 0 fully saturated rings. The maximum atomic E-state index is 12.6. The number of fused-ring (bicyclic) bond motifs is 1. The quantitative estimate of drug-likeness (QED) is 0.778. The highest BCUT2D eigenvalue weighted by Crippen LogP contribution is 2.26. The molecule has 1 aromatic carbocycles. The Labute approximate surface area is 140 Å². The van der Waals surface area contributed by atoms with E-state index in [-0.39, 0.29) is 5.91 Å². The number of thiophene rings is 1. The number of hydrogen-bond acceptors (Lipinski definition) is 3. The number of rotatable bonds is 5. The maximum absolute atomic E-state index is 12.6. The molecule has 0 radical (unpaired) electrons. The number of hydrogen-bond donors (Lipinski definition) is 1. The Morgan fingerprint density at radius 1 is 1.09 bits per heavy atom. The first kappa shape index (κ1) is 15.8. The molecule has 0 bridgehead atoms. The summed E-state index contributed by atoms with van der Waals surface area (Å²) in [6, 6.07) is 12.2. The van der Waals surface area contributed by atoms with Gasteiger partial charge in [-0.05, 0) is 48.6 Å². The van der Waals surface area contributed by atoms with Crippen LogP contribution in [0, 0.1) is 0 Å². The molecule has 0 atom stereocenters. The van der Waals surface area contributed by atoms with Crippen molar-refractivity contribution < 1.29 is 4.79 Å². The summed E-state index contributed by atoms with van der Waals surface area (Å²) in [6.45, 7) is 1.41. The normalized spacial score (nSPS) is 11.3. The van der Waals surface area contributed by atoms with E-state index < -0.39 is 0 Å². The van der Waals surface area contributed by atoms with Gasteiger partial charge in [0.25, 0.3) is 5.91 Å². The average molecular weight is 327 g/mol. The standard InChI is InChI=1S/C18H21N3OS/c1-20(2)11-14-8-9-16(19-14)18(22)21(3)10-13-12-23-17-7-5-4-6-15(13)17/h4-9,12,19H,10-11H2,1-3H3. The lowest BCUT2D eigenvalue weighted by Gasteiger charge is -2.16. The minimum absolute atomic E-state index is 0.0188. The number of nitrogens with one attached hydrogen (secondary N) is 1. The highest BCUT2D eigenvalue weighted by atomic mass is 32.1. The molecule has 120 valence electrons. The van der Waals surface area contributed by atoms with Crippen LogP contribution in [-0.4, -0.2) is 41.8 Å². The number of aromatic amines is 1. The SMILES string of the molecule is CN(C)Cc1ccc(C(=O)N(C)Cc2csc3ccccc23)[nH]1. The van der Waals surface area contributed by atoms with Crippen LogP contribution in [0.5, 0.6) is 0 Å². The second-order valence-corrected chi connectivity index (χ2v) is 6.96. The van der Waals surface area contributed by atoms with Crippen molar-refractivity contribution in [3.8, 4) is 0 Å². The van der Waals surface area contributed by atoms with Crippen LogP contribution in [0.25, 0.3) is 10.1 Å². The second kappa shape index (κ2) is 6.56. The Morgan fingerprint density at radius 2 is 1.87 bits per heavy atom. The van der Waals surface area contributed by atoms with Crippen LogP contribution in [-0.2, 0) is 13.1 Å². The van der Waals surface area contributed by atoms with Crippen LogP contribution >= 0.6 is 11.3 Å². The fraction of sp³-hybridized carbons (Fsp3) is 0.278. The molecule has 0 aliphatic rings. The summed E-state index contributed by atoms with van der Waals surface area (Å²) in [5.41, 5.74) is 2.89. The van der Waals surface area contributed by atoms with E-state index in [9.17, 15) is 4.79 Å². The molecule has 5 heteroatoms. The molecule has 0 unspecified atom stereocenters. The fourth-order valence-corrected chi connectivity index (χ4v) is 3.64. The van der Waals surface area contributed by atoms with Crippen molar-refractivity contribution in [1.82, 2.24) is 14.8 Å². The van der Waals surface area contributed by atoms with Gasteiger partial charge < -0.3 is 14.8 Å². The van der Waals surface area contributed by atoms with Crippen LogP contribution in [0.15, 0.2) is 41.8 Å². The van der Waals surface area contributed by atoms with E-state index in [2.05, 4.69) is 27.4 Å². The monoisotopic (exact) mass is 327 g/mol. The number of carbonyl (C=O) groups is 1. The van der Waals surface area contributed by atoms with E-state index >= 15 is 0 Å². The minimum Gasteiger partial charge on any atom is -0.353 e. The van der Waals surface area contributed by atoms with E-state index in [1.165, 1.54) is 15.6 Å². The zero-order valence-corrected chi connectivity index (χ0v) is 14.5. The zero-order chi connectivity index (χ0) is 16.4. The summed E-state index contributed by atoms with van der Waals surface area (Å²) < 4.78 is 1.26. The predicted molar refractivity (Wildman–Crippen MR) is 95.8 cm³/mol. The molecule has 23 heavy (non-hydrogen) atoms. The zero-order valence-electron chi connectivity index (χ0n) is 13.7. The van der Waals surface area contributed by atoms with Gasteiger partial charge in [0.2, 0.25) is 0 Å². The number of nitrogens with zero attached hydrogens (tertiary/aromatic N) is 2. The summed E-state index contributed by atoms with van der Waals surface area (Å²) >= 11 is 1.72. The first-order chi connectivity index (χ1) is 11.0. The van der Waals surface area contributed by atoms with Crippen LogP contribution in [0.3, 0.4) is 0 Å². The topological polar surface area (TPSA) is 39.3 Å². The smallest absolute Gasteiger partial charge is 0.270 e. The Hall–Kier alpha value is -2.11. The molecule has 0 aliphatic carbocycles. The van der Waals surface area contributed by atoms with Gasteiger partial charge in [-0.3, -0.25) is 4.79 Å². The third kappa shape index (κ3) is 3.46. The minimum atomic E-state index is 0.0188. The molecular weight excluding hydrogens is 306 g/mol. The largest absolute Gasteiger partial charge is 0.353 e. The molecule has 0 spiro atoms. The lowest BCUT2D eigenvalue weighted by Crippen LogP contribution is -2.26. The first-order valence-corrected chi connectivity index (χ1v) is 8.46. The Morgan fingerprint density at radius 3 is 2.65 bits per heavy atom. The van der Waals surface area contributed by atoms with Gasteiger partial charge in [0.15, 0.2) is 0 Å². The number of H-pyrrole nitrogens is 1. The first-order valence-electron chi connectivity index (χ1n) is 7.58. The lowest BCUT2D eigenvalue weighted by molar-refractivity contribution is 0.0780. The van der Waals surface area contributed by atoms with Crippen LogP contribution in [0.4, 0.5) is 0 Å². The molecule has 1 N–H and O–H groups in total. The van der Waals surface area contributed by atoms with Crippen molar-refractivity contribution in [3.63, 3.8) is 0 Å². The van der Waals surface area contributed by atoms with Crippen molar-refractivity contribution in [2.75, 3.05) is 21.1 Å². The van der Waals surface area contributed by atoms with Crippen molar-refractivity contribution in [1.29, 1.82) is 0 Å². The van der Waals surface area contributed by atoms with Gasteiger partial charge in [-0.2, -0.15) is 0 Å². The third-order valence-corrected chi connectivity index (χ3v) is 4.79. The second-order valence-electron chi connectivity index (χ2n) is 6.05. The predicted octanol–water partition coefficient (Wildman–Crippen LogP) is 3.56. The summed E-state index contributed by atoms with van der Waals surface area (Å²) in [5, 5.41) is 3.37. The molecular formula is C18H21N3OS. The van der Waals surface area contributed by atoms with Gasteiger partial charge in [0.05, 0.1) is 0 Å². The highest BCUT2D eigenvalue weighted by molar-refractivity contribution is 7.17. The number of aromatic nitrogens is 1. The van der Waals surface area contributed by atoms with Gasteiger partial charge in [-0.25, -0.2) is 0 Å². The van der Waals surface area contributed by atoms with Crippen molar-refractivity contribution in [2.45, 2.75) is 13.1 Å². The average Bonchev–Trinajstić information content (AvgIpc) is 3.13. The van der Waals surface area contributed by atoms with Gasteiger partial charge in [-0.15, -0.1) is 11.3 Å². The Balaban J connectivity index is 1.73. The Kier molecular flexibility index (Phi) is 4.50. The van der Waals surface area contributed by atoms with Crippen molar-refractivity contribution in [2.24, 2.45) is 0 Å². The molecule has 1 amide bonds. The molecule has 3 rings (SSSR count). The van der Waals surface area contributed by atoms with E-state index in [1.807, 2.05) is 45.4 Å². The molecule has 0 aliphatic heterocycles. The Bertz CT molecular complexity index is 818. The third-order valence-electron chi connectivity index (χ3n) is 3.78. The maximum Gasteiger partial charge on any atom is 0.270 e. The summed E-state index contributed by atoms with van der Waals surface area (Å²) in [5.74, 6) is 0.0188. The number of benzene rings is 1. The molecule has 2 heterocycles. The molecule has 2 aromatic heterocycles. The number of carbonyl (C=O) groups excluding carboxylic acids is 1. The van der Waals surface area contributed by atoms with Crippen LogP contribution in [0.2, 0.25) is 0 Å². The van der Waals surface area contributed by atoms with E-state index in [1.54, 1.807) is 16.2 Å². The number of amides is 1. The van der Waals surface area contributed by atoms with E-state index in [0.717, 1.165) is 12.2 Å². The van der Waals surface area contributed by atoms with Gasteiger partial charge >= 0.3 is 0 Å². The van der Waals surface area contributed by atoms with Crippen molar-refractivity contribution >= 4 is 27.3 Å². The fourth-order valence-electron chi connectivity index (χ4n) is 2.69. The molecule has 4 nitrogen and oxygen atoms in total. The highest BCUT2D eigenvalue weighted by Gasteiger charge is 2.15. The molecule has 0 saturated carbocycles. The van der Waals surface area contributed by atoms with Crippen LogP contribution < -0.4 is 0 Å².